The lowest BCUT2D eigenvalue weighted by Gasteiger charge is -2.03. The lowest BCUT2D eigenvalue weighted by molar-refractivity contribution is -0.384. The smallest absolute Gasteiger partial charge is 0.332 e. The van der Waals surface area contributed by atoms with E-state index in [0.717, 1.165) is 0 Å². The molecule has 0 bridgehead atoms. The second-order valence-electron chi connectivity index (χ2n) is 3.31. The molecule has 0 spiro atoms. The van der Waals surface area contributed by atoms with Gasteiger partial charge in [0.05, 0.1) is 11.3 Å². The Kier molecular flexibility index (Phi) is 4.76. The summed E-state index contributed by atoms with van der Waals surface area (Å²) >= 11 is 0. The van der Waals surface area contributed by atoms with Crippen LogP contribution in [0.2, 0.25) is 0 Å². The Hall–Kier alpha value is -2.48. The Morgan fingerprint density at radius 2 is 1.94 bits per heavy atom. The lowest BCUT2D eigenvalue weighted by Crippen LogP contribution is -2.27. The van der Waals surface area contributed by atoms with Crippen molar-refractivity contribution in [3.05, 3.63) is 39.9 Å². The Bertz CT molecular complexity index is 456. The van der Waals surface area contributed by atoms with Crippen LogP contribution in [0.25, 0.3) is 0 Å². The van der Waals surface area contributed by atoms with Gasteiger partial charge >= 0.3 is 5.97 Å². The van der Waals surface area contributed by atoms with E-state index in [1.165, 1.54) is 24.3 Å². The minimum Gasteiger partial charge on any atom is -0.479 e. The second kappa shape index (κ2) is 6.30. The highest BCUT2D eigenvalue weighted by Crippen LogP contribution is 2.12. The van der Waals surface area contributed by atoms with Gasteiger partial charge in [0.25, 0.3) is 5.69 Å². The summed E-state index contributed by atoms with van der Waals surface area (Å²) in [4.78, 5) is 35.6. The molecule has 0 atom stereocenters. The van der Waals surface area contributed by atoms with Crippen molar-refractivity contribution in [2.45, 2.75) is 6.42 Å². The second-order valence-corrected chi connectivity index (χ2v) is 3.31. The van der Waals surface area contributed by atoms with Gasteiger partial charge in [-0.15, -0.1) is 0 Å². The average molecular weight is 254 g/mol. The molecule has 0 saturated heterocycles. The molecule has 2 N–H and O–H groups in total. The number of nitro benzene ring substituents is 1. The molecule has 0 aliphatic rings. The first-order valence-corrected chi connectivity index (χ1v) is 4.85. The van der Waals surface area contributed by atoms with Crippen molar-refractivity contribution in [3.8, 4) is 0 Å². The van der Waals surface area contributed by atoms with E-state index in [1.54, 1.807) is 0 Å². The zero-order valence-corrected chi connectivity index (χ0v) is 9.16. The van der Waals surface area contributed by atoms with Crippen LogP contribution < -0.4 is 5.48 Å². The van der Waals surface area contributed by atoms with E-state index in [1.807, 2.05) is 5.48 Å². The molecular weight excluding hydrogens is 244 g/mol. The van der Waals surface area contributed by atoms with Crippen LogP contribution in [-0.4, -0.2) is 28.5 Å². The van der Waals surface area contributed by atoms with E-state index in [0.29, 0.717) is 5.56 Å². The number of aliphatic carboxylic acids is 1. The fourth-order valence-corrected chi connectivity index (χ4v) is 1.14. The first-order valence-electron chi connectivity index (χ1n) is 4.85. The van der Waals surface area contributed by atoms with Gasteiger partial charge in [-0.25, -0.2) is 10.3 Å². The molecule has 8 nitrogen and oxygen atoms in total. The van der Waals surface area contributed by atoms with E-state index in [-0.39, 0.29) is 12.1 Å². The number of carboxylic acids is 1. The number of nitro groups is 1. The molecule has 0 aromatic heterocycles. The third kappa shape index (κ3) is 4.58. The van der Waals surface area contributed by atoms with Gasteiger partial charge in [-0.2, -0.15) is 0 Å². The first kappa shape index (κ1) is 13.6. The van der Waals surface area contributed by atoms with Gasteiger partial charge in [0.1, 0.15) is 0 Å². The fourth-order valence-electron chi connectivity index (χ4n) is 1.14. The van der Waals surface area contributed by atoms with Gasteiger partial charge in [-0.05, 0) is 5.56 Å². The van der Waals surface area contributed by atoms with E-state index in [2.05, 4.69) is 4.84 Å². The highest BCUT2D eigenvalue weighted by molar-refractivity contribution is 5.77. The maximum absolute atomic E-state index is 11.2. The number of hydrogen-bond acceptors (Lipinski definition) is 5. The van der Waals surface area contributed by atoms with Crippen molar-refractivity contribution in [2.75, 3.05) is 6.61 Å². The number of rotatable bonds is 6. The molecule has 0 radical (unpaired) electrons. The molecule has 96 valence electrons. The van der Waals surface area contributed by atoms with Crippen molar-refractivity contribution in [1.29, 1.82) is 0 Å². The molecule has 1 aromatic carbocycles. The van der Waals surface area contributed by atoms with Crippen LogP contribution in [0.1, 0.15) is 5.56 Å². The summed E-state index contributed by atoms with van der Waals surface area (Å²) < 4.78 is 0. The van der Waals surface area contributed by atoms with Crippen molar-refractivity contribution >= 4 is 17.6 Å². The molecule has 1 amide bonds. The summed E-state index contributed by atoms with van der Waals surface area (Å²) in [5, 5.41) is 18.6. The van der Waals surface area contributed by atoms with Gasteiger partial charge in [0.15, 0.2) is 6.61 Å². The molecule has 0 aliphatic heterocycles. The third-order valence-electron chi connectivity index (χ3n) is 1.89. The molecule has 1 rings (SSSR count). The molecule has 0 heterocycles. The molecule has 0 fully saturated rings. The molecule has 0 aliphatic carbocycles. The number of carbonyl (C=O) groups excluding carboxylic acids is 1. The highest BCUT2D eigenvalue weighted by Gasteiger charge is 2.07. The zero-order chi connectivity index (χ0) is 13.5. The molecular formula is C10H10N2O6. The predicted octanol–water partition coefficient (Wildman–Crippen LogP) is 0.270. The van der Waals surface area contributed by atoms with Gasteiger partial charge in [0, 0.05) is 12.1 Å². The quantitative estimate of drug-likeness (QED) is 0.555. The van der Waals surface area contributed by atoms with Crippen LogP contribution >= 0.6 is 0 Å². The summed E-state index contributed by atoms with van der Waals surface area (Å²) in [6.07, 6.45) is -0.0579. The van der Waals surface area contributed by atoms with E-state index < -0.39 is 23.4 Å². The van der Waals surface area contributed by atoms with Crippen LogP contribution in [0.15, 0.2) is 24.3 Å². The topological polar surface area (TPSA) is 119 Å². The molecule has 0 saturated carbocycles. The maximum Gasteiger partial charge on any atom is 0.332 e. The maximum atomic E-state index is 11.2. The van der Waals surface area contributed by atoms with Crippen molar-refractivity contribution in [3.63, 3.8) is 0 Å². The summed E-state index contributed by atoms with van der Waals surface area (Å²) in [5.74, 6) is -1.74. The Labute approximate surface area is 101 Å². The minimum atomic E-state index is -1.20. The Morgan fingerprint density at radius 3 is 2.44 bits per heavy atom. The number of hydrogen-bond donors (Lipinski definition) is 2. The van der Waals surface area contributed by atoms with Crippen LogP contribution in [0.4, 0.5) is 5.69 Å². The van der Waals surface area contributed by atoms with E-state index in [9.17, 15) is 19.7 Å². The summed E-state index contributed by atoms with van der Waals surface area (Å²) in [7, 11) is 0. The van der Waals surface area contributed by atoms with Crippen LogP contribution in [0.3, 0.4) is 0 Å². The van der Waals surface area contributed by atoms with Crippen LogP contribution in [-0.2, 0) is 20.8 Å². The Balaban J connectivity index is 2.44. The largest absolute Gasteiger partial charge is 0.479 e. The molecule has 0 unspecified atom stereocenters. The van der Waals surface area contributed by atoms with Gasteiger partial charge in [0.2, 0.25) is 5.91 Å². The van der Waals surface area contributed by atoms with Gasteiger partial charge < -0.3 is 5.11 Å². The summed E-state index contributed by atoms with van der Waals surface area (Å²) in [5.41, 5.74) is 2.43. The predicted molar refractivity (Wildman–Crippen MR) is 58.5 cm³/mol. The lowest BCUT2D eigenvalue weighted by atomic mass is 10.1. The van der Waals surface area contributed by atoms with Gasteiger partial charge in [-0.3, -0.25) is 19.7 Å². The Morgan fingerprint density at radius 1 is 1.33 bits per heavy atom. The fraction of sp³-hybridized carbons (Fsp3) is 0.200. The number of carbonyl (C=O) groups is 2. The number of benzene rings is 1. The van der Waals surface area contributed by atoms with E-state index >= 15 is 0 Å². The molecule has 18 heavy (non-hydrogen) atoms. The average Bonchev–Trinajstić information content (AvgIpc) is 2.29. The van der Waals surface area contributed by atoms with E-state index in [4.69, 9.17) is 5.11 Å². The third-order valence-corrected chi connectivity index (χ3v) is 1.89. The molecule has 8 heteroatoms. The minimum absolute atomic E-state index is 0.0579. The number of nitrogens with one attached hydrogen (secondary N) is 1. The summed E-state index contributed by atoms with van der Waals surface area (Å²) in [6, 6.07) is 5.44. The standard InChI is InChI=1S/C10H10N2O6/c13-9(11-18-6-10(14)15)5-7-1-3-8(4-2-7)12(16)17/h1-4H,5-6H2,(H,11,13)(H,14,15). The number of non-ortho nitro benzene ring substituents is 1. The zero-order valence-electron chi connectivity index (χ0n) is 9.16. The highest BCUT2D eigenvalue weighted by atomic mass is 16.7. The van der Waals surface area contributed by atoms with Gasteiger partial charge in [-0.1, -0.05) is 12.1 Å². The number of amides is 1. The number of nitrogens with zero attached hydrogens (tertiary/aromatic N) is 1. The number of hydroxylamine groups is 1. The summed E-state index contributed by atoms with van der Waals surface area (Å²) in [6.45, 7) is -0.633. The van der Waals surface area contributed by atoms with Crippen molar-refractivity contribution in [2.24, 2.45) is 0 Å². The van der Waals surface area contributed by atoms with Crippen LogP contribution in [0, 0.1) is 10.1 Å². The van der Waals surface area contributed by atoms with Crippen molar-refractivity contribution < 1.29 is 24.5 Å². The molecule has 1 aromatic rings. The number of carboxylic acid groups (broad SMARTS) is 1. The SMILES string of the molecule is O=C(O)CONC(=O)Cc1ccc([N+](=O)[O-])cc1. The van der Waals surface area contributed by atoms with Crippen LogP contribution in [0.5, 0.6) is 0 Å². The normalized spacial score (nSPS) is 9.78. The monoisotopic (exact) mass is 254 g/mol. The first-order chi connectivity index (χ1) is 8.49. The van der Waals surface area contributed by atoms with Crippen molar-refractivity contribution in [1.82, 2.24) is 5.48 Å².